The van der Waals surface area contributed by atoms with Gasteiger partial charge in [-0.05, 0) is 37.5 Å². The number of hydrogen-bond acceptors (Lipinski definition) is 3. The number of carbonyl (C=O) groups is 2. The monoisotopic (exact) mass is 474 g/mol. The predicted octanol–water partition coefficient (Wildman–Crippen LogP) is 5.23. The lowest BCUT2D eigenvalue weighted by Crippen LogP contribution is -2.50. The first-order valence-electron chi connectivity index (χ1n) is 11.6. The van der Waals surface area contributed by atoms with Gasteiger partial charge in [-0.2, -0.15) is 0 Å². The molecule has 0 aliphatic heterocycles. The van der Waals surface area contributed by atoms with E-state index in [4.69, 9.17) is 0 Å². The molecule has 4 nitrogen and oxygen atoms in total. The molecule has 0 saturated carbocycles. The quantitative estimate of drug-likeness (QED) is 0.438. The number of likely N-dealkylation sites (N-methyl/N-ethyl adjacent to an activating group) is 1. The van der Waals surface area contributed by atoms with Crippen LogP contribution in [0.1, 0.15) is 33.4 Å². The summed E-state index contributed by atoms with van der Waals surface area (Å²) in [5, 5.41) is 2.77. The minimum atomic E-state index is -0.581. The molecule has 0 unspecified atom stereocenters. The average Bonchev–Trinajstić information content (AvgIpc) is 2.81. The van der Waals surface area contributed by atoms with Crippen molar-refractivity contribution >= 4 is 23.6 Å². The highest BCUT2D eigenvalue weighted by atomic mass is 32.2. The zero-order valence-corrected chi connectivity index (χ0v) is 21.3. The maximum Gasteiger partial charge on any atom is 0.242 e. The molecule has 0 saturated heterocycles. The molecule has 1 atom stereocenters. The lowest BCUT2D eigenvalue weighted by Gasteiger charge is -2.31. The Labute approximate surface area is 207 Å². The molecule has 5 heteroatoms. The molecule has 3 rings (SSSR count). The number of thioether (sulfide) groups is 1. The first-order chi connectivity index (χ1) is 16.4. The summed E-state index contributed by atoms with van der Waals surface area (Å²) in [6, 6.07) is 23.9. The zero-order valence-electron chi connectivity index (χ0n) is 20.5. The van der Waals surface area contributed by atoms with Crippen molar-refractivity contribution in [3.63, 3.8) is 0 Å². The summed E-state index contributed by atoms with van der Waals surface area (Å²) in [5.74, 6) is 0.904. The zero-order chi connectivity index (χ0) is 24.5. The van der Waals surface area contributed by atoms with Crippen LogP contribution in [0.5, 0.6) is 0 Å². The summed E-state index contributed by atoms with van der Waals surface area (Å²) in [6.07, 6.45) is 0.472. The Balaban J connectivity index is 1.81. The van der Waals surface area contributed by atoms with Crippen LogP contribution >= 0.6 is 11.8 Å². The number of nitrogens with one attached hydrogen (secondary N) is 1. The Morgan fingerprint density at radius 3 is 2.12 bits per heavy atom. The molecular weight excluding hydrogens is 440 g/mol. The topological polar surface area (TPSA) is 49.4 Å². The molecular formula is C29H34N2O2S. The van der Waals surface area contributed by atoms with Crippen molar-refractivity contribution in [3.8, 4) is 0 Å². The number of nitrogens with zero attached hydrogens (tertiary/aromatic N) is 1. The summed E-state index contributed by atoms with van der Waals surface area (Å²) in [7, 11) is 1.63. The van der Waals surface area contributed by atoms with Gasteiger partial charge >= 0.3 is 0 Å². The van der Waals surface area contributed by atoms with Crippen molar-refractivity contribution in [1.82, 2.24) is 10.2 Å². The fourth-order valence-corrected chi connectivity index (χ4v) is 5.06. The van der Waals surface area contributed by atoms with E-state index in [1.54, 1.807) is 23.7 Å². The lowest BCUT2D eigenvalue weighted by molar-refractivity contribution is -0.139. The highest BCUT2D eigenvalue weighted by Gasteiger charge is 2.29. The van der Waals surface area contributed by atoms with Crippen molar-refractivity contribution in [1.29, 1.82) is 0 Å². The van der Waals surface area contributed by atoms with Gasteiger partial charge in [0.05, 0.1) is 5.75 Å². The maximum atomic E-state index is 13.5. The van der Waals surface area contributed by atoms with Crippen molar-refractivity contribution in [3.05, 3.63) is 106 Å². The third-order valence-corrected chi connectivity index (χ3v) is 6.72. The molecule has 0 aromatic heterocycles. The maximum absolute atomic E-state index is 13.5. The smallest absolute Gasteiger partial charge is 0.242 e. The van der Waals surface area contributed by atoms with Crippen LogP contribution in [0, 0.1) is 20.8 Å². The molecule has 0 radical (unpaired) electrons. The molecule has 34 heavy (non-hydrogen) atoms. The normalized spacial score (nSPS) is 11.6. The molecule has 0 aliphatic carbocycles. The summed E-state index contributed by atoms with van der Waals surface area (Å²) in [4.78, 5) is 28.3. The number of hydrogen-bond donors (Lipinski definition) is 1. The van der Waals surface area contributed by atoms with E-state index in [9.17, 15) is 9.59 Å². The number of amides is 2. The fourth-order valence-electron chi connectivity index (χ4n) is 4.22. The van der Waals surface area contributed by atoms with Gasteiger partial charge in [-0.15, -0.1) is 11.8 Å². The van der Waals surface area contributed by atoms with Gasteiger partial charge in [0.2, 0.25) is 11.8 Å². The Kier molecular flexibility index (Phi) is 9.34. The van der Waals surface area contributed by atoms with Crippen LogP contribution in [0.2, 0.25) is 0 Å². The second kappa shape index (κ2) is 12.4. The second-order valence-corrected chi connectivity index (χ2v) is 9.80. The van der Waals surface area contributed by atoms with Crippen molar-refractivity contribution < 1.29 is 9.59 Å². The molecule has 3 aromatic rings. The fraction of sp³-hybridized carbons (Fsp3) is 0.310. The summed E-state index contributed by atoms with van der Waals surface area (Å²) in [6.45, 7) is 6.62. The molecule has 0 bridgehead atoms. The molecule has 2 amide bonds. The minimum absolute atomic E-state index is 0.0274. The van der Waals surface area contributed by atoms with Gasteiger partial charge in [-0.1, -0.05) is 89.5 Å². The Bertz CT molecular complexity index is 1090. The van der Waals surface area contributed by atoms with Gasteiger partial charge < -0.3 is 10.2 Å². The van der Waals surface area contributed by atoms with Crippen LogP contribution < -0.4 is 5.32 Å². The van der Waals surface area contributed by atoms with Crippen LogP contribution in [0.25, 0.3) is 0 Å². The number of rotatable bonds is 10. The first kappa shape index (κ1) is 25.6. The molecule has 0 spiro atoms. The van der Waals surface area contributed by atoms with Gasteiger partial charge in [-0.3, -0.25) is 9.59 Å². The van der Waals surface area contributed by atoms with E-state index in [0.29, 0.717) is 18.7 Å². The van der Waals surface area contributed by atoms with E-state index in [0.717, 1.165) is 22.4 Å². The third kappa shape index (κ3) is 7.49. The Morgan fingerprint density at radius 1 is 0.824 bits per heavy atom. The minimum Gasteiger partial charge on any atom is -0.357 e. The molecule has 3 aromatic carbocycles. The van der Waals surface area contributed by atoms with Crippen LogP contribution in [0.4, 0.5) is 0 Å². The average molecular weight is 475 g/mol. The van der Waals surface area contributed by atoms with Gasteiger partial charge in [0.1, 0.15) is 6.04 Å². The van der Waals surface area contributed by atoms with E-state index in [-0.39, 0.29) is 11.8 Å². The lowest BCUT2D eigenvalue weighted by atomic mass is 10.0. The number of aryl methyl sites for hydroxylation is 3. The van der Waals surface area contributed by atoms with Gasteiger partial charge in [0.25, 0.3) is 0 Å². The van der Waals surface area contributed by atoms with Gasteiger partial charge in [0, 0.05) is 25.8 Å². The van der Waals surface area contributed by atoms with Crippen molar-refractivity contribution in [2.24, 2.45) is 0 Å². The van der Waals surface area contributed by atoms with E-state index in [1.165, 1.54) is 16.7 Å². The van der Waals surface area contributed by atoms with Gasteiger partial charge in [-0.25, -0.2) is 0 Å². The van der Waals surface area contributed by atoms with Crippen molar-refractivity contribution in [2.45, 2.75) is 45.5 Å². The highest BCUT2D eigenvalue weighted by molar-refractivity contribution is 7.99. The van der Waals surface area contributed by atoms with Crippen LogP contribution in [-0.4, -0.2) is 35.6 Å². The molecule has 0 aliphatic rings. The van der Waals surface area contributed by atoms with Crippen LogP contribution in [0.15, 0.2) is 72.8 Å². The van der Waals surface area contributed by atoms with Crippen molar-refractivity contribution in [2.75, 3.05) is 12.8 Å². The summed E-state index contributed by atoms with van der Waals surface area (Å²) in [5.41, 5.74) is 6.85. The van der Waals surface area contributed by atoms with Gasteiger partial charge in [0.15, 0.2) is 0 Å². The standard InChI is InChI=1S/C29H34N2O2S/c1-21-9-8-12-25(14-21)18-31(27(29(33)30-4)17-24-10-6-5-7-11-24)28(32)20-34-19-26-15-22(2)13-23(3)16-26/h5-16,27H,17-20H2,1-4H3,(H,30,33)/t27-/m0/s1. The number of carbonyl (C=O) groups excluding carboxylic acids is 2. The van der Waals surface area contributed by atoms with Crippen LogP contribution in [0.3, 0.4) is 0 Å². The Morgan fingerprint density at radius 2 is 1.47 bits per heavy atom. The second-order valence-electron chi connectivity index (χ2n) is 8.82. The van der Waals surface area contributed by atoms with E-state index in [1.807, 2.05) is 55.5 Å². The SMILES string of the molecule is CNC(=O)[C@H](Cc1ccccc1)N(Cc1cccc(C)c1)C(=O)CSCc1cc(C)cc(C)c1. The van der Waals surface area contributed by atoms with E-state index >= 15 is 0 Å². The largest absolute Gasteiger partial charge is 0.357 e. The van der Waals surface area contributed by atoms with E-state index in [2.05, 4.69) is 43.4 Å². The van der Waals surface area contributed by atoms with E-state index < -0.39 is 6.04 Å². The summed E-state index contributed by atoms with van der Waals surface area (Å²) >= 11 is 1.59. The predicted molar refractivity (Wildman–Crippen MR) is 142 cm³/mol. The molecule has 0 fully saturated rings. The third-order valence-electron chi connectivity index (χ3n) is 5.73. The first-order valence-corrected chi connectivity index (χ1v) is 12.8. The molecule has 1 N–H and O–H groups in total. The summed E-state index contributed by atoms with van der Waals surface area (Å²) < 4.78 is 0. The highest BCUT2D eigenvalue weighted by Crippen LogP contribution is 2.20. The molecule has 0 heterocycles. The Hall–Kier alpha value is -3.05. The van der Waals surface area contributed by atoms with Crippen LogP contribution in [-0.2, 0) is 28.3 Å². The molecule has 178 valence electrons. The number of benzene rings is 3.